The van der Waals surface area contributed by atoms with Crippen molar-refractivity contribution >= 4 is 17.9 Å². The fourth-order valence-corrected chi connectivity index (χ4v) is 7.00. The lowest BCUT2D eigenvalue weighted by Crippen LogP contribution is -2.44. The van der Waals surface area contributed by atoms with Crippen molar-refractivity contribution in [1.29, 1.82) is 0 Å². The van der Waals surface area contributed by atoms with Gasteiger partial charge in [0.1, 0.15) is 13.2 Å². The van der Waals surface area contributed by atoms with Crippen molar-refractivity contribution in [1.82, 2.24) is 0 Å². The number of carbonyl (C=O) groups is 3. The van der Waals surface area contributed by atoms with E-state index in [4.69, 9.17) is 18.9 Å². The van der Waals surface area contributed by atoms with Crippen molar-refractivity contribution in [2.75, 3.05) is 47.5 Å². The number of carboxylic acids is 1. The van der Waals surface area contributed by atoms with Crippen LogP contribution in [0.4, 0.5) is 0 Å². The molecule has 0 saturated heterocycles. The molecule has 0 aromatic rings. The summed E-state index contributed by atoms with van der Waals surface area (Å²) in [5, 5.41) is 11.8. The number of nitrogens with zero attached hydrogens (tertiary/aromatic N) is 1. The van der Waals surface area contributed by atoms with E-state index in [0.29, 0.717) is 17.4 Å². The largest absolute Gasteiger partial charge is 0.545 e. The first-order valence-electron chi connectivity index (χ1n) is 27.7. The van der Waals surface area contributed by atoms with Gasteiger partial charge in [0, 0.05) is 12.8 Å². The molecule has 0 aromatic carbocycles. The van der Waals surface area contributed by atoms with E-state index in [9.17, 15) is 19.5 Å². The zero-order valence-electron chi connectivity index (χ0n) is 45.5. The van der Waals surface area contributed by atoms with Crippen LogP contribution in [0, 0.1) is 0 Å². The smallest absolute Gasteiger partial charge is 0.306 e. The van der Waals surface area contributed by atoms with E-state index in [0.717, 1.165) is 122 Å². The van der Waals surface area contributed by atoms with Gasteiger partial charge in [0.05, 0.1) is 40.3 Å². The van der Waals surface area contributed by atoms with Crippen LogP contribution in [0.5, 0.6) is 0 Å². The van der Waals surface area contributed by atoms with E-state index in [2.05, 4.69) is 135 Å². The van der Waals surface area contributed by atoms with Gasteiger partial charge in [-0.2, -0.15) is 0 Å². The minimum atomic E-state index is -1.63. The standard InChI is InChI=1S/C62H101NO8/c1-6-8-10-12-14-16-18-20-22-24-25-26-27-28-29-30-31-32-33-34-35-37-39-41-43-45-47-49-51-53-60(65)71-58(57-70-62(61(66)67)68-55-54-63(3,4)5)56-69-59(64)52-50-48-46-44-42-40-38-36-23-21-19-17-15-13-11-9-7-2/h8-11,14-17,20-23,25-26,28-29,31-32,34-35,58,62H,6-7,12-13,18-19,24,27,30,33,36-57H2,1-5H3/b10-8-,11-9-,16-14-,17-15-,22-20-,23-21-,26-25-,29-28-,32-31-,35-34-. The van der Waals surface area contributed by atoms with Gasteiger partial charge in [-0.1, -0.05) is 200 Å². The number of unbranched alkanes of at least 4 members (excludes halogenated alkanes) is 14. The molecule has 9 heteroatoms. The van der Waals surface area contributed by atoms with Gasteiger partial charge in [0.2, 0.25) is 0 Å². The lowest BCUT2D eigenvalue weighted by molar-refractivity contribution is -0.870. The van der Waals surface area contributed by atoms with Crippen molar-refractivity contribution in [2.24, 2.45) is 0 Å². The number of ether oxygens (including phenoxy) is 4. The summed E-state index contributed by atoms with van der Waals surface area (Å²) in [4.78, 5) is 37.2. The maximum Gasteiger partial charge on any atom is 0.306 e. The first kappa shape index (κ1) is 66.7. The quantitative estimate of drug-likeness (QED) is 0.0195. The third-order valence-corrected chi connectivity index (χ3v) is 11.2. The second-order valence-electron chi connectivity index (χ2n) is 19.1. The summed E-state index contributed by atoms with van der Waals surface area (Å²) in [7, 11) is 5.90. The highest BCUT2D eigenvalue weighted by Crippen LogP contribution is 2.14. The molecule has 0 radical (unpaired) electrons. The topological polar surface area (TPSA) is 111 Å². The Morgan fingerprint density at radius 2 is 0.761 bits per heavy atom. The molecule has 0 rings (SSSR count). The number of likely N-dealkylation sites (N-methyl/N-ethyl adjacent to an activating group) is 1. The van der Waals surface area contributed by atoms with Gasteiger partial charge in [0.15, 0.2) is 12.4 Å². The van der Waals surface area contributed by atoms with Crippen LogP contribution in [0.3, 0.4) is 0 Å². The molecule has 0 aliphatic rings. The Balaban J connectivity index is 4.34. The maximum atomic E-state index is 12.9. The predicted molar refractivity (Wildman–Crippen MR) is 296 cm³/mol. The fraction of sp³-hybridized carbons (Fsp3) is 0.629. The summed E-state index contributed by atoms with van der Waals surface area (Å²) in [5.41, 5.74) is 0. The second-order valence-corrected chi connectivity index (χ2v) is 19.1. The average Bonchev–Trinajstić information content (AvgIpc) is 3.34. The zero-order valence-corrected chi connectivity index (χ0v) is 45.5. The van der Waals surface area contributed by atoms with Gasteiger partial charge in [-0.05, 0) is 103 Å². The third kappa shape index (κ3) is 53.3. The zero-order chi connectivity index (χ0) is 52.0. The van der Waals surface area contributed by atoms with Crippen LogP contribution >= 0.6 is 0 Å². The Hall–Kier alpha value is -4.31. The molecule has 9 nitrogen and oxygen atoms in total. The number of allylic oxidation sites excluding steroid dienone is 20. The Kier molecular flexibility index (Phi) is 48.9. The number of hydrogen-bond donors (Lipinski definition) is 0. The fourth-order valence-electron chi connectivity index (χ4n) is 7.00. The molecule has 0 aliphatic carbocycles. The molecule has 0 saturated carbocycles. The normalized spacial score (nSPS) is 13.8. The number of hydrogen-bond acceptors (Lipinski definition) is 8. The summed E-state index contributed by atoms with van der Waals surface area (Å²) in [6.45, 7) is 4.47. The molecular formula is C62H101NO8. The van der Waals surface area contributed by atoms with Crippen LogP contribution < -0.4 is 5.11 Å². The maximum absolute atomic E-state index is 12.9. The molecule has 0 N–H and O–H groups in total. The van der Waals surface area contributed by atoms with Gasteiger partial charge in [0.25, 0.3) is 0 Å². The average molecular weight is 988 g/mol. The highest BCUT2D eigenvalue weighted by Gasteiger charge is 2.22. The molecule has 0 spiro atoms. The summed E-state index contributed by atoms with van der Waals surface area (Å²) in [6, 6.07) is 0. The summed E-state index contributed by atoms with van der Waals surface area (Å²) < 4.78 is 22.6. The molecule has 0 amide bonds. The number of carboxylic acid groups (broad SMARTS) is 1. The molecule has 0 aliphatic heterocycles. The van der Waals surface area contributed by atoms with Gasteiger partial charge in [-0.25, -0.2) is 0 Å². The molecule has 0 fully saturated rings. The minimum absolute atomic E-state index is 0.136. The van der Waals surface area contributed by atoms with Crippen molar-refractivity contribution in [3.63, 3.8) is 0 Å². The lowest BCUT2D eigenvalue weighted by Gasteiger charge is -2.26. The first-order valence-corrected chi connectivity index (χ1v) is 27.7. The molecule has 402 valence electrons. The number of carbonyl (C=O) groups excluding carboxylic acids is 3. The molecule has 71 heavy (non-hydrogen) atoms. The van der Waals surface area contributed by atoms with Crippen molar-refractivity contribution in [3.8, 4) is 0 Å². The molecule has 2 unspecified atom stereocenters. The number of quaternary nitrogens is 1. The Bertz CT molecular complexity index is 1570. The van der Waals surface area contributed by atoms with Crippen molar-refractivity contribution in [2.45, 2.75) is 206 Å². The van der Waals surface area contributed by atoms with Gasteiger partial charge < -0.3 is 33.3 Å². The van der Waals surface area contributed by atoms with E-state index in [1.807, 2.05) is 21.1 Å². The van der Waals surface area contributed by atoms with Crippen molar-refractivity contribution in [3.05, 3.63) is 122 Å². The molecule has 0 aromatic heterocycles. The SMILES string of the molecule is CC/C=C\C/C=C\C/C=C\C/C=C\C/C=C\C/C=C\C/C=C\CCCCCCCCCC(=O)OC(COC(=O)CCCCCCCCC/C=C\C/C=C\C/C=C\CC)COC(OCC[N+](C)(C)C)C(=O)[O-]. The second kappa shape index (κ2) is 52.0. The van der Waals surface area contributed by atoms with E-state index in [-0.39, 0.29) is 38.6 Å². The van der Waals surface area contributed by atoms with Crippen molar-refractivity contribution < 1.29 is 42.9 Å². The highest BCUT2D eigenvalue weighted by molar-refractivity contribution is 5.70. The van der Waals surface area contributed by atoms with Gasteiger partial charge >= 0.3 is 11.9 Å². The van der Waals surface area contributed by atoms with Crippen LogP contribution in [-0.4, -0.2) is 82.3 Å². The lowest BCUT2D eigenvalue weighted by atomic mass is 10.1. The highest BCUT2D eigenvalue weighted by atomic mass is 16.7. The number of esters is 2. The molecular weight excluding hydrogens is 887 g/mol. The van der Waals surface area contributed by atoms with Crippen LogP contribution in [0.2, 0.25) is 0 Å². The monoisotopic (exact) mass is 988 g/mol. The van der Waals surface area contributed by atoms with Crippen LogP contribution in [0.25, 0.3) is 0 Å². The van der Waals surface area contributed by atoms with Gasteiger partial charge in [-0.15, -0.1) is 0 Å². The summed E-state index contributed by atoms with van der Waals surface area (Å²) in [6.07, 6.45) is 69.5. The Labute approximate surface area is 434 Å². The molecule has 0 bridgehead atoms. The summed E-state index contributed by atoms with van der Waals surface area (Å²) >= 11 is 0. The van der Waals surface area contributed by atoms with Gasteiger partial charge in [-0.3, -0.25) is 9.59 Å². The van der Waals surface area contributed by atoms with E-state index in [1.54, 1.807) is 0 Å². The molecule has 2 atom stereocenters. The van der Waals surface area contributed by atoms with E-state index in [1.165, 1.54) is 38.5 Å². The number of aliphatic carboxylic acids is 1. The minimum Gasteiger partial charge on any atom is -0.545 e. The Morgan fingerprint density at radius 3 is 1.13 bits per heavy atom. The first-order chi connectivity index (χ1) is 34.6. The van der Waals surface area contributed by atoms with E-state index < -0.39 is 24.3 Å². The van der Waals surface area contributed by atoms with Crippen LogP contribution in [0.1, 0.15) is 194 Å². The third-order valence-electron chi connectivity index (χ3n) is 11.2. The number of rotatable bonds is 49. The summed E-state index contributed by atoms with van der Waals surface area (Å²) in [5.74, 6) is -2.33. The van der Waals surface area contributed by atoms with Crippen LogP contribution in [0.15, 0.2) is 122 Å². The van der Waals surface area contributed by atoms with Crippen LogP contribution in [-0.2, 0) is 33.3 Å². The Morgan fingerprint density at radius 1 is 0.423 bits per heavy atom. The predicted octanol–water partition coefficient (Wildman–Crippen LogP) is 14.8. The van der Waals surface area contributed by atoms with E-state index >= 15 is 0 Å². The molecule has 0 heterocycles.